The third-order valence-corrected chi connectivity index (χ3v) is 5.41. The molecular weight excluding hydrogens is 411 g/mol. The van der Waals surface area contributed by atoms with E-state index < -0.39 is 0 Å². The van der Waals surface area contributed by atoms with Crippen molar-refractivity contribution in [3.05, 3.63) is 78.0 Å². The minimum absolute atomic E-state index is 0.263. The predicted octanol–water partition coefficient (Wildman–Crippen LogP) is 6.86. The van der Waals surface area contributed by atoms with Gasteiger partial charge in [0.2, 0.25) is 0 Å². The normalized spacial score (nSPS) is 10.8. The average molecular weight is 457 g/mol. The van der Waals surface area contributed by atoms with Crippen LogP contribution in [0.15, 0.2) is 44.1 Å². The minimum atomic E-state index is -0.263. The number of aromatic amines is 1. The topological polar surface area (TPSA) is 71.1 Å². The Kier molecular flexibility index (Phi) is 15.4. The Morgan fingerprint density at radius 2 is 1.70 bits per heavy atom. The summed E-state index contributed by atoms with van der Waals surface area (Å²) in [6.45, 7) is 23.4. The fourth-order valence-electron chi connectivity index (χ4n) is 3.95. The first kappa shape index (κ1) is 30.2. The van der Waals surface area contributed by atoms with Crippen LogP contribution >= 0.6 is 0 Å². The van der Waals surface area contributed by atoms with Crippen LogP contribution in [-0.4, -0.2) is 29.5 Å². The first-order valence-corrected chi connectivity index (χ1v) is 11.8. The molecule has 0 radical (unpaired) electrons. The van der Waals surface area contributed by atoms with Crippen molar-refractivity contribution >= 4 is 17.3 Å². The van der Waals surface area contributed by atoms with Gasteiger partial charge in [0.25, 0.3) is 0 Å². The summed E-state index contributed by atoms with van der Waals surface area (Å²) in [7, 11) is 0. The third kappa shape index (κ3) is 10.1. The van der Waals surface area contributed by atoms with Crippen molar-refractivity contribution in [1.29, 1.82) is 0 Å². The van der Waals surface area contributed by atoms with Crippen molar-refractivity contribution in [2.75, 3.05) is 25.4 Å². The SMILES string of the molecule is C=C.C=CN.CCCN(CCC)CCCc1c(C)[nH]c(/C=C(\C)c2cc(F)ccc2N)c1C. The summed E-state index contributed by atoms with van der Waals surface area (Å²) >= 11 is 0. The summed E-state index contributed by atoms with van der Waals surface area (Å²) in [6.07, 6.45) is 7.99. The van der Waals surface area contributed by atoms with E-state index in [2.05, 4.69) is 69.1 Å². The Labute approximate surface area is 201 Å². The van der Waals surface area contributed by atoms with Crippen LogP contribution in [-0.2, 0) is 6.42 Å². The number of halogens is 1. The number of H-pyrrole nitrogens is 1. The highest BCUT2D eigenvalue weighted by atomic mass is 19.1. The van der Waals surface area contributed by atoms with Gasteiger partial charge in [-0.25, -0.2) is 4.39 Å². The van der Waals surface area contributed by atoms with E-state index in [-0.39, 0.29) is 5.82 Å². The van der Waals surface area contributed by atoms with Crippen LogP contribution < -0.4 is 11.5 Å². The molecule has 0 spiro atoms. The molecule has 0 aliphatic rings. The Hall–Kier alpha value is -2.79. The van der Waals surface area contributed by atoms with Crippen molar-refractivity contribution in [1.82, 2.24) is 9.88 Å². The third-order valence-electron chi connectivity index (χ3n) is 5.41. The Balaban J connectivity index is 0.00000189. The fraction of sp³-hybridized carbons (Fsp3) is 0.429. The van der Waals surface area contributed by atoms with Gasteiger partial charge in [-0.05, 0) is 113 Å². The summed E-state index contributed by atoms with van der Waals surface area (Å²) in [6, 6.07) is 4.52. The van der Waals surface area contributed by atoms with Gasteiger partial charge in [0.1, 0.15) is 5.82 Å². The molecule has 5 heteroatoms. The van der Waals surface area contributed by atoms with Gasteiger partial charge < -0.3 is 21.4 Å². The molecule has 1 aromatic carbocycles. The molecule has 0 unspecified atom stereocenters. The summed E-state index contributed by atoms with van der Waals surface area (Å²) in [5, 5.41) is 0. The molecule has 5 N–H and O–H groups in total. The molecule has 4 nitrogen and oxygen atoms in total. The van der Waals surface area contributed by atoms with E-state index in [1.54, 1.807) is 6.07 Å². The number of allylic oxidation sites excluding steroid dienone is 1. The van der Waals surface area contributed by atoms with Gasteiger partial charge in [0, 0.05) is 22.6 Å². The van der Waals surface area contributed by atoms with Gasteiger partial charge in [-0.2, -0.15) is 0 Å². The summed E-state index contributed by atoms with van der Waals surface area (Å²) in [5.41, 5.74) is 18.0. The predicted molar refractivity (Wildman–Crippen MR) is 146 cm³/mol. The van der Waals surface area contributed by atoms with E-state index >= 15 is 0 Å². The molecule has 0 aliphatic carbocycles. The first-order valence-electron chi connectivity index (χ1n) is 11.8. The van der Waals surface area contributed by atoms with Crippen LogP contribution in [0, 0.1) is 19.7 Å². The number of rotatable bonds is 10. The zero-order valence-electron chi connectivity index (χ0n) is 21.4. The van der Waals surface area contributed by atoms with Crippen LogP contribution in [0.1, 0.15) is 68.1 Å². The van der Waals surface area contributed by atoms with Gasteiger partial charge in [-0.15, -0.1) is 13.2 Å². The molecule has 0 bridgehead atoms. The van der Waals surface area contributed by atoms with Crippen LogP contribution in [0.4, 0.5) is 10.1 Å². The van der Waals surface area contributed by atoms with E-state index in [0.29, 0.717) is 5.69 Å². The second-order valence-corrected chi connectivity index (χ2v) is 8.01. The molecule has 2 aromatic rings. The molecule has 0 amide bonds. The van der Waals surface area contributed by atoms with Gasteiger partial charge in [-0.1, -0.05) is 20.4 Å². The largest absolute Gasteiger partial charge is 0.405 e. The van der Waals surface area contributed by atoms with Gasteiger partial charge in [-0.3, -0.25) is 0 Å². The summed E-state index contributed by atoms with van der Waals surface area (Å²) < 4.78 is 13.6. The Morgan fingerprint density at radius 1 is 1.12 bits per heavy atom. The molecule has 184 valence electrons. The van der Waals surface area contributed by atoms with Crippen molar-refractivity contribution in [3.8, 4) is 0 Å². The number of hydrogen-bond acceptors (Lipinski definition) is 3. The minimum Gasteiger partial charge on any atom is -0.405 e. The molecule has 1 aromatic heterocycles. The van der Waals surface area contributed by atoms with E-state index in [1.165, 1.54) is 67.5 Å². The molecule has 0 aliphatic heterocycles. The van der Waals surface area contributed by atoms with Crippen molar-refractivity contribution in [2.24, 2.45) is 5.73 Å². The lowest BCUT2D eigenvalue weighted by Gasteiger charge is -2.20. The molecule has 0 saturated heterocycles. The highest BCUT2D eigenvalue weighted by molar-refractivity contribution is 5.85. The molecule has 1 heterocycles. The van der Waals surface area contributed by atoms with Crippen LogP contribution in [0.3, 0.4) is 0 Å². The molecule has 0 fully saturated rings. The van der Waals surface area contributed by atoms with Crippen molar-refractivity contribution < 1.29 is 4.39 Å². The molecule has 2 rings (SSSR count). The number of nitrogens with two attached hydrogens (primary N) is 2. The number of nitrogens with zero attached hydrogens (tertiary/aromatic N) is 1. The van der Waals surface area contributed by atoms with Crippen LogP contribution in [0.25, 0.3) is 11.6 Å². The van der Waals surface area contributed by atoms with Crippen molar-refractivity contribution in [3.63, 3.8) is 0 Å². The maximum Gasteiger partial charge on any atom is 0.123 e. The number of anilines is 1. The lowest BCUT2D eigenvalue weighted by atomic mass is 10.0. The van der Waals surface area contributed by atoms with E-state index in [4.69, 9.17) is 5.73 Å². The zero-order valence-corrected chi connectivity index (χ0v) is 21.4. The Morgan fingerprint density at radius 3 is 2.24 bits per heavy atom. The van der Waals surface area contributed by atoms with E-state index in [9.17, 15) is 4.39 Å². The highest BCUT2D eigenvalue weighted by Crippen LogP contribution is 2.27. The van der Waals surface area contributed by atoms with Crippen LogP contribution in [0.2, 0.25) is 0 Å². The number of aromatic nitrogens is 1. The maximum absolute atomic E-state index is 13.6. The zero-order chi connectivity index (χ0) is 25.4. The summed E-state index contributed by atoms with van der Waals surface area (Å²) in [4.78, 5) is 6.08. The second-order valence-electron chi connectivity index (χ2n) is 8.01. The second kappa shape index (κ2) is 16.8. The number of hydrogen-bond donors (Lipinski definition) is 3. The van der Waals surface area contributed by atoms with Gasteiger partial charge in [0.05, 0.1) is 0 Å². The van der Waals surface area contributed by atoms with Gasteiger partial charge >= 0.3 is 0 Å². The first-order chi connectivity index (χ1) is 15.8. The molecule has 33 heavy (non-hydrogen) atoms. The number of nitrogens with one attached hydrogen (secondary N) is 1. The quantitative estimate of drug-likeness (QED) is 0.270. The van der Waals surface area contributed by atoms with Gasteiger partial charge in [0.15, 0.2) is 0 Å². The average Bonchev–Trinajstić information content (AvgIpc) is 3.05. The number of benzene rings is 1. The summed E-state index contributed by atoms with van der Waals surface area (Å²) in [5.74, 6) is -0.263. The highest BCUT2D eigenvalue weighted by Gasteiger charge is 2.12. The number of aryl methyl sites for hydroxylation is 1. The fourth-order valence-corrected chi connectivity index (χ4v) is 3.95. The smallest absolute Gasteiger partial charge is 0.123 e. The molecule has 0 saturated carbocycles. The molecular formula is C28H45FN4. The lowest BCUT2D eigenvalue weighted by Crippen LogP contribution is -2.26. The number of nitrogen functional groups attached to an aromatic ring is 1. The van der Waals surface area contributed by atoms with Crippen molar-refractivity contribution in [2.45, 2.75) is 60.3 Å². The standard InChI is InChI=1S/C24H36FN3.C2H5N.C2H4/c1-6-12-28(13-7-2)14-8-9-21-18(4)24(27-19(21)5)15-17(3)22-16-20(25)10-11-23(22)26;1-2-3;1-2/h10-11,15-16,27H,6-9,12-14,26H2,1-5H3;2H,1,3H2;1-2H2/b17-15+;;. The Bertz CT molecular complexity index is 861. The maximum atomic E-state index is 13.6. The monoisotopic (exact) mass is 456 g/mol. The molecule has 0 atom stereocenters. The van der Waals surface area contributed by atoms with Crippen LogP contribution in [0.5, 0.6) is 0 Å². The van der Waals surface area contributed by atoms with E-state index in [1.807, 2.05) is 6.92 Å². The lowest BCUT2D eigenvalue weighted by molar-refractivity contribution is 0.271. The van der Waals surface area contributed by atoms with E-state index in [0.717, 1.165) is 29.8 Å².